The minimum absolute atomic E-state index is 0.130. The van der Waals surface area contributed by atoms with E-state index in [1.165, 1.54) is 12.8 Å². The second-order valence-corrected chi connectivity index (χ2v) is 9.69. The van der Waals surface area contributed by atoms with E-state index in [0.29, 0.717) is 50.1 Å². The van der Waals surface area contributed by atoms with Gasteiger partial charge in [0.1, 0.15) is 6.61 Å². The van der Waals surface area contributed by atoms with E-state index in [1.54, 1.807) is 13.2 Å². The maximum Gasteiger partial charge on any atom is 0.224 e. The van der Waals surface area contributed by atoms with Crippen LogP contribution in [0.15, 0.2) is 24.8 Å². The number of hydrogen-bond donors (Lipinski definition) is 1. The standard InChI is InChI=1S/C25H38N2O5/c1-6-13-31-24-20-16-27(14-18-7-8-18)23(29)11-12-26(21(20)9-10-22(24)30-5)15-19(28)17-32-25(2,3)4/h6,9-10,18-19,28H,1,7-8,11-17H2,2-5H3. The van der Waals surface area contributed by atoms with Gasteiger partial charge >= 0.3 is 0 Å². The van der Waals surface area contributed by atoms with Crippen molar-refractivity contribution >= 4 is 11.6 Å². The number of carbonyl (C=O) groups excluding carboxylic acids is 1. The lowest BCUT2D eigenvalue weighted by Crippen LogP contribution is -2.42. The van der Waals surface area contributed by atoms with Crippen molar-refractivity contribution in [2.75, 3.05) is 44.9 Å². The SMILES string of the molecule is C=CCOc1c(OC)ccc2c1CN(CC1CC1)C(=O)CCN2CC(O)COC(C)(C)C. The molecule has 1 unspecified atom stereocenters. The van der Waals surface area contributed by atoms with Gasteiger partial charge in [-0.3, -0.25) is 4.79 Å². The molecular weight excluding hydrogens is 408 g/mol. The topological polar surface area (TPSA) is 71.5 Å². The first-order valence-electron chi connectivity index (χ1n) is 11.5. The van der Waals surface area contributed by atoms with Crippen LogP contribution in [0, 0.1) is 5.92 Å². The summed E-state index contributed by atoms with van der Waals surface area (Å²) in [5.41, 5.74) is 1.53. The number of methoxy groups -OCH3 is 1. The lowest BCUT2D eigenvalue weighted by atomic mass is 10.0. The van der Waals surface area contributed by atoms with Crippen molar-refractivity contribution in [1.82, 2.24) is 4.90 Å². The van der Waals surface area contributed by atoms with Crippen LogP contribution in [-0.4, -0.2) is 67.6 Å². The Labute approximate surface area is 191 Å². The number of rotatable bonds is 10. The first-order chi connectivity index (χ1) is 15.2. The van der Waals surface area contributed by atoms with Gasteiger partial charge in [0, 0.05) is 37.3 Å². The summed E-state index contributed by atoms with van der Waals surface area (Å²) >= 11 is 0. The molecule has 1 aromatic carbocycles. The van der Waals surface area contributed by atoms with Crippen LogP contribution in [0.2, 0.25) is 0 Å². The zero-order chi connectivity index (χ0) is 23.3. The van der Waals surface area contributed by atoms with Gasteiger partial charge in [-0.2, -0.15) is 0 Å². The van der Waals surface area contributed by atoms with E-state index in [9.17, 15) is 9.90 Å². The molecule has 0 radical (unpaired) electrons. The number of fused-ring (bicyclic) bond motifs is 1. The zero-order valence-electron chi connectivity index (χ0n) is 19.9. The minimum atomic E-state index is -0.682. The third-order valence-electron chi connectivity index (χ3n) is 5.72. The Morgan fingerprint density at radius 3 is 2.66 bits per heavy atom. The van der Waals surface area contributed by atoms with E-state index in [4.69, 9.17) is 14.2 Å². The second kappa shape index (κ2) is 10.6. The van der Waals surface area contributed by atoms with Crippen LogP contribution in [-0.2, 0) is 16.1 Å². The summed E-state index contributed by atoms with van der Waals surface area (Å²) in [6, 6.07) is 3.88. The van der Waals surface area contributed by atoms with E-state index in [-0.39, 0.29) is 18.1 Å². The van der Waals surface area contributed by atoms with Gasteiger partial charge in [0.25, 0.3) is 0 Å². The van der Waals surface area contributed by atoms with E-state index in [2.05, 4.69) is 11.5 Å². The Morgan fingerprint density at radius 2 is 2.03 bits per heavy atom. The fourth-order valence-electron chi connectivity index (χ4n) is 3.92. The van der Waals surface area contributed by atoms with Crippen molar-refractivity contribution < 1.29 is 24.1 Å². The molecule has 0 spiro atoms. The fraction of sp³-hybridized carbons (Fsp3) is 0.640. The Kier molecular flexibility index (Phi) is 8.06. The number of nitrogens with zero attached hydrogens (tertiary/aromatic N) is 2. The molecule has 7 nitrogen and oxygen atoms in total. The number of ether oxygens (including phenoxy) is 3. The Balaban J connectivity index is 1.93. The van der Waals surface area contributed by atoms with Gasteiger partial charge < -0.3 is 29.1 Å². The predicted octanol–water partition coefficient (Wildman–Crippen LogP) is 3.38. The van der Waals surface area contributed by atoms with Crippen LogP contribution < -0.4 is 14.4 Å². The molecule has 0 bridgehead atoms. The summed E-state index contributed by atoms with van der Waals surface area (Å²) in [4.78, 5) is 17.1. The zero-order valence-corrected chi connectivity index (χ0v) is 19.9. The van der Waals surface area contributed by atoms with Gasteiger partial charge in [-0.05, 0) is 51.7 Å². The molecule has 32 heavy (non-hydrogen) atoms. The largest absolute Gasteiger partial charge is 0.493 e. The van der Waals surface area contributed by atoms with E-state index < -0.39 is 6.10 Å². The van der Waals surface area contributed by atoms with Crippen molar-refractivity contribution in [2.45, 2.75) is 58.3 Å². The number of benzene rings is 1. The van der Waals surface area contributed by atoms with Gasteiger partial charge in [0.15, 0.2) is 11.5 Å². The molecule has 178 valence electrons. The number of carbonyl (C=O) groups is 1. The van der Waals surface area contributed by atoms with E-state index in [0.717, 1.165) is 17.8 Å². The van der Waals surface area contributed by atoms with Crippen molar-refractivity contribution in [3.63, 3.8) is 0 Å². The summed E-state index contributed by atoms with van der Waals surface area (Å²) in [5, 5.41) is 10.7. The summed E-state index contributed by atoms with van der Waals surface area (Å²) in [6.07, 6.45) is 3.79. The van der Waals surface area contributed by atoms with Crippen LogP contribution in [0.4, 0.5) is 5.69 Å². The highest BCUT2D eigenvalue weighted by Crippen LogP contribution is 2.41. The smallest absolute Gasteiger partial charge is 0.224 e. The van der Waals surface area contributed by atoms with E-state index >= 15 is 0 Å². The second-order valence-electron chi connectivity index (χ2n) is 9.69. The number of aliphatic hydroxyl groups is 1. The van der Waals surface area contributed by atoms with Gasteiger partial charge in [0.2, 0.25) is 5.91 Å². The Bertz CT molecular complexity index is 800. The normalized spacial score (nSPS) is 18.0. The van der Waals surface area contributed by atoms with Crippen LogP contribution in [0.3, 0.4) is 0 Å². The van der Waals surface area contributed by atoms with Gasteiger partial charge in [-0.25, -0.2) is 0 Å². The number of hydrogen-bond acceptors (Lipinski definition) is 6. The highest BCUT2D eigenvalue weighted by Gasteiger charge is 2.32. The van der Waals surface area contributed by atoms with Crippen molar-refractivity contribution in [3.8, 4) is 11.5 Å². The van der Waals surface area contributed by atoms with Gasteiger partial charge in [0.05, 0.1) is 32.0 Å². The van der Waals surface area contributed by atoms with Gasteiger partial charge in [-0.15, -0.1) is 0 Å². The van der Waals surface area contributed by atoms with Crippen molar-refractivity contribution in [2.24, 2.45) is 5.92 Å². The summed E-state index contributed by atoms with van der Waals surface area (Å²) in [5.74, 6) is 1.98. The summed E-state index contributed by atoms with van der Waals surface area (Å²) < 4.78 is 17.4. The maximum atomic E-state index is 13.0. The molecule has 1 N–H and O–H groups in total. The predicted molar refractivity (Wildman–Crippen MR) is 125 cm³/mol. The highest BCUT2D eigenvalue weighted by molar-refractivity contribution is 5.79. The molecule has 1 aliphatic heterocycles. The first-order valence-corrected chi connectivity index (χ1v) is 11.5. The quantitative estimate of drug-likeness (QED) is 0.556. The lowest BCUT2D eigenvalue weighted by Gasteiger charge is -2.35. The molecule has 1 amide bonds. The molecule has 7 heteroatoms. The third-order valence-corrected chi connectivity index (χ3v) is 5.72. The van der Waals surface area contributed by atoms with Crippen molar-refractivity contribution in [1.29, 1.82) is 0 Å². The molecule has 1 fully saturated rings. The molecule has 1 aromatic rings. The first kappa shape index (κ1) is 24.4. The lowest BCUT2D eigenvalue weighted by molar-refractivity contribution is -0.132. The number of β-amino-alcohol motifs (C(OH)–C–C–N with tert-alkyl or cyclic N) is 1. The molecule has 1 atom stereocenters. The molecular formula is C25H38N2O5. The highest BCUT2D eigenvalue weighted by atomic mass is 16.5. The molecule has 0 saturated heterocycles. The average molecular weight is 447 g/mol. The Morgan fingerprint density at radius 1 is 1.28 bits per heavy atom. The third kappa shape index (κ3) is 6.62. The molecule has 3 rings (SSSR count). The van der Waals surface area contributed by atoms with Crippen LogP contribution >= 0.6 is 0 Å². The number of anilines is 1. The molecule has 0 aromatic heterocycles. The molecule has 1 heterocycles. The summed E-state index contributed by atoms with van der Waals surface area (Å²) in [6.45, 7) is 12.3. The monoisotopic (exact) mass is 446 g/mol. The van der Waals surface area contributed by atoms with Crippen molar-refractivity contribution in [3.05, 3.63) is 30.4 Å². The molecule has 2 aliphatic rings. The maximum absolute atomic E-state index is 13.0. The summed E-state index contributed by atoms with van der Waals surface area (Å²) in [7, 11) is 1.61. The minimum Gasteiger partial charge on any atom is -0.493 e. The molecule has 1 aliphatic carbocycles. The van der Waals surface area contributed by atoms with Crippen LogP contribution in [0.25, 0.3) is 0 Å². The number of amides is 1. The average Bonchev–Trinajstić information content (AvgIpc) is 3.56. The van der Waals surface area contributed by atoms with Crippen LogP contribution in [0.1, 0.15) is 45.6 Å². The number of aliphatic hydroxyl groups excluding tert-OH is 1. The van der Waals surface area contributed by atoms with Crippen LogP contribution in [0.5, 0.6) is 11.5 Å². The van der Waals surface area contributed by atoms with E-state index in [1.807, 2.05) is 37.8 Å². The Hall–Kier alpha value is -2.25. The molecule has 1 saturated carbocycles. The van der Waals surface area contributed by atoms with Gasteiger partial charge in [-0.1, -0.05) is 12.7 Å². The fourth-order valence-corrected chi connectivity index (χ4v) is 3.92.